The van der Waals surface area contributed by atoms with Crippen molar-refractivity contribution in [2.45, 2.75) is 64.7 Å². The predicted octanol–water partition coefficient (Wildman–Crippen LogP) is 7.95. The van der Waals surface area contributed by atoms with Crippen molar-refractivity contribution >= 4 is 20.6 Å². The van der Waals surface area contributed by atoms with Gasteiger partial charge in [-0.05, 0) is 0 Å². The van der Waals surface area contributed by atoms with E-state index in [4.69, 9.17) is 9.19 Å². The molecule has 2 nitrogen and oxygen atoms in total. The number of fused-ring (bicyclic) bond motifs is 1. The van der Waals surface area contributed by atoms with E-state index in [-0.39, 0.29) is 4.38 Å². The molecule has 2 aliphatic heterocycles. The third kappa shape index (κ3) is 4.03. The van der Waals surface area contributed by atoms with Crippen LogP contribution in [0.2, 0.25) is 0 Å². The summed E-state index contributed by atoms with van der Waals surface area (Å²) in [5, 5.41) is 0. The fraction of sp³-hybridized carbons (Fsp3) is 0.357. The molecule has 0 bridgehead atoms. The van der Waals surface area contributed by atoms with Gasteiger partial charge in [0, 0.05) is 0 Å². The summed E-state index contributed by atoms with van der Waals surface area (Å²) in [5.74, 6) is 0.888. The molecular weight excluding hydrogens is 597 g/mol. The fourth-order valence-corrected chi connectivity index (χ4v) is 7.51. The molecule has 174 valence electrons. The first-order chi connectivity index (χ1) is 15.2. The Kier molecular flexibility index (Phi) is 6.79. The van der Waals surface area contributed by atoms with Gasteiger partial charge in [0.25, 0.3) is 0 Å². The number of halogens is 1. The molecule has 0 radical (unpaired) electrons. The second kappa shape index (κ2) is 9.27. The molecule has 1 atom stereocenters. The van der Waals surface area contributed by atoms with Gasteiger partial charge in [-0.2, -0.15) is 0 Å². The minimum atomic E-state index is -0.490. The summed E-state index contributed by atoms with van der Waals surface area (Å²) in [6.07, 6.45) is 8.97. The Bertz CT molecular complexity index is 1080. The number of allylic oxidation sites excluding steroid dienone is 3. The average molecular weight is 630 g/mol. The summed E-state index contributed by atoms with van der Waals surface area (Å²) < 4.78 is 0.125. The van der Waals surface area contributed by atoms with Gasteiger partial charge in [0.15, 0.2) is 0 Å². The van der Waals surface area contributed by atoms with Gasteiger partial charge in [-0.15, -0.1) is 0 Å². The minimum absolute atomic E-state index is 0.125. The van der Waals surface area contributed by atoms with Crippen LogP contribution in [-0.4, -0.2) is 9.28 Å². The molecule has 2 aromatic carbocycles. The maximum absolute atomic E-state index is 6.82. The van der Waals surface area contributed by atoms with Gasteiger partial charge in [0.1, 0.15) is 0 Å². The van der Waals surface area contributed by atoms with Crippen LogP contribution >= 0.6 is 9.19 Å². The number of rotatable bonds is 5. The standard InChI is InChI=1S/C28H33N2.Au.ClH/c1-18(2)24-11-9-12-25(19(3)4)28(24)29-16-23-10-8-13-26(30(23)17-29)27-21(6)14-20(5)15-22(27)7;;/h8-19H,1-7H3;;1H/p-1. The van der Waals surface area contributed by atoms with Crippen molar-refractivity contribution in [3.63, 3.8) is 0 Å². The molecule has 0 N–H and O–H groups in total. The van der Waals surface area contributed by atoms with Crippen molar-refractivity contribution < 1.29 is 18.7 Å². The van der Waals surface area contributed by atoms with Crippen molar-refractivity contribution in [2.24, 2.45) is 0 Å². The summed E-state index contributed by atoms with van der Waals surface area (Å²) in [5.41, 5.74) is 11.9. The molecule has 0 aromatic heterocycles. The summed E-state index contributed by atoms with van der Waals surface area (Å²) in [6, 6.07) is 11.3. The number of hydrogen-bond acceptors (Lipinski definition) is 2. The first-order valence-corrected chi connectivity index (χ1v) is 15.2. The average Bonchev–Trinajstić information content (AvgIpc) is 3.11. The van der Waals surface area contributed by atoms with E-state index >= 15 is 0 Å². The molecule has 0 amide bonds. The van der Waals surface area contributed by atoms with E-state index < -0.39 is 18.7 Å². The third-order valence-corrected chi connectivity index (χ3v) is 8.87. The molecule has 2 aromatic rings. The van der Waals surface area contributed by atoms with Crippen LogP contribution in [0.15, 0.2) is 60.5 Å². The maximum atomic E-state index is 6.82. The van der Waals surface area contributed by atoms with Crippen LogP contribution < -0.4 is 4.90 Å². The molecule has 1 unspecified atom stereocenters. The Morgan fingerprint density at radius 3 is 2.06 bits per heavy atom. The van der Waals surface area contributed by atoms with E-state index in [1.54, 1.807) is 0 Å². The molecule has 4 heteroatoms. The molecule has 2 heterocycles. The Balaban J connectivity index is 1.87. The van der Waals surface area contributed by atoms with E-state index in [0.717, 1.165) is 0 Å². The summed E-state index contributed by atoms with van der Waals surface area (Å²) in [4.78, 5) is 4.94. The van der Waals surface area contributed by atoms with E-state index in [2.05, 4.69) is 113 Å². The number of hydrogen-bond donors (Lipinski definition) is 0. The zero-order chi connectivity index (χ0) is 23.2. The van der Waals surface area contributed by atoms with Gasteiger partial charge in [-0.25, -0.2) is 0 Å². The van der Waals surface area contributed by atoms with Gasteiger partial charge in [0.2, 0.25) is 0 Å². The monoisotopic (exact) mass is 629 g/mol. The predicted molar refractivity (Wildman–Crippen MR) is 134 cm³/mol. The summed E-state index contributed by atoms with van der Waals surface area (Å²) in [7, 11) is 6.82. The van der Waals surface area contributed by atoms with Gasteiger partial charge < -0.3 is 0 Å². The molecule has 0 fully saturated rings. The Hall–Kier alpha value is -1.71. The van der Waals surface area contributed by atoms with E-state index in [9.17, 15) is 0 Å². The van der Waals surface area contributed by atoms with Crippen LogP contribution in [0.5, 0.6) is 0 Å². The van der Waals surface area contributed by atoms with Crippen molar-refractivity contribution in [2.75, 3.05) is 4.90 Å². The second-order valence-corrected chi connectivity index (χ2v) is 12.1. The SMILES string of the molecule is Cc1cc(C)c(C2=CC=CC3=CN(c4c(C(C)C)cccc4C(C)C)[CH]([Au-][Cl])N32)c(C)c1. The molecular formula is C28H33AuClN2-. The number of para-hydroxylation sites is 1. The molecule has 0 saturated heterocycles. The van der Waals surface area contributed by atoms with Gasteiger partial charge in [-0.3, -0.25) is 0 Å². The zero-order valence-corrected chi connectivity index (χ0v) is 22.9. The van der Waals surface area contributed by atoms with Crippen LogP contribution in [-0.2, 0) is 18.7 Å². The molecule has 0 spiro atoms. The van der Waals surface area contributed by atoms with Gasteiger partial charge in [0.05, 0.1) is 0 Å². The van der Waals surface area contributed by atoms with Crippen LogP contribution in [0.25, 0.3) is 5.70 Å². The third-order valence-electron chi connectivity index (χ3n) is 6.32. The summed E-state index contributed by atoms with van der Waals surface area (Å²) >= 11 is -0.490. The number of nitrogens with zero attached hydrogens (tertiary/aromatic N) is 2. The second-order valence-electron chi connectivity index (χ2n) is 9.45. The molecule has 4 rings (SSSR count). The van der Waals surface area contributed by atoms with Gasteiger partial charge >= 0.3 is 208 Å². The van der Waals surface area contributed by atoms with Crippen LogP contribution in [0.1, 0.15) is 72.9 Å². The number of anilines is 1. The van der Waals surface area contributed by atoms with Crippen molar-refractivity contribution in [3.8, 4) is 0 Å². The normalized spacial score (nSPS) is 18.0. The summed E-state index contributed by atoms with van der Waals surface area (Å²) in [6.45, 7) is 15.8. The number of benzene rings is 2. The van der Waals surface area contributed by atoms with Crippen molar-refractivity contribution in [1.82, 2.24) is 4.90 Å². The number of aryl methyl sites for hydroxylation is 3. The van der Waals surface area contributed by atoms with E-state index in [1.807, 2.05) is 0 Å². The van der Waals surface area contributed by atoms with Crippen molar-refractivity contribution in [3.05, 3.63) is 93.8 Å². The first-order valence-electron chi connectivity index (χ1n) is 11.3. The Morgan fingerprint density at radius 1 is 0.938 bits per heavy atom. The Morgan fingerprint density at radius 2 is 1.53 bits per heavy atom. The molecule has 0 saturated carbocycles. The van der Waals surface area contributed by atoms with Crippen LogP contribution in [0.4, 0.5) is 5.69 Å². The van der Waals surface area contributed by atoms with Crippen LogP contribution in [0.3, 0.4) is 0 Å². The fourth-order valence-electron chi connectivity index (χ4n) is 5.00. The topological polar surface area (TPSA) is 6.48 Å². The molecule has 0 aliphatic carbocycles. The Labute approximate surface area is 206 Å². The van der Waals surface area contributed by atoms with Gasteiger partial charge in [-0.1, -0.05) is 0 Å². The quantitative estimate of drug-likeness (QED) is 0.310. The zero-order valence-electron chi connectivity index (χ0n) is 20.0. The van der Waals surface area contributed by atoms with Crippen molar-refractivity contribution in [1.29, 1.82) is 0 Å². The molecule has 32 heavy (non-hydrogen) atoms. The molecule has 2 aliphatic rings. The first kappa shape index (κ1) is 23.4. The van der Waals surface area contributed by atoms with Crippen LogP contribution in [0, 0.1) is 20.8 Å². The van der Waals surface area contributed by atoms with E-state index in [0.29, 0.717) is 11.8 Å². The van der Waals surface area contributed by atoms with E-state index in [1.165, 1.54) is 50.5 Å².